The Bertz CT molecular complexity index is 520. The highest BCUT2D eigenvalue weighted by molar-refractivity contribution is 5.50. The second-order valence-corrected chi connectivity index (χ2v) is 3.85. The van der Waals surface area contributed by atoms with Gasteiger partial charge in [-0.25, -0.2) is 0 Å². The molecule has 2 heterocycles. The fourth-order valence-corrected chi connectivity index (χ4v) is 1.93. The van der Waals surface area contributed by atoms with E-state index in [1.165, 1.54) is 0 Å². The molecule has 1 aliphatic heterocycles. The Morgan fingerprint density at radius 2 is 2.31 bits per heavy atom. The fraction of sp³-hybridized carbons (Fsp3) is 0.273. The molecule has 2 N–H and O–H groups in total. The molecule has 0 bridgehead atoms. The lowest BCUT2D eigenvalue weighted by molar-refractivity contribution is 0.475. The number of phenolic OH excluding ortho intramolecular Hbond substituents is 1. The summed E-state index contributed by atoms with van der Waals surface area (Å²) in [5.41, 5.74) is 1.82. The van der Waals surface area contributed by atoms with Crippen LogP contribution in [0.4, 0.5) is 5.82 Å². The summed E-state index contributed by atoms with van der Waals surface area (Å²) in [4.78, 5) is 0. The largest absolute Gasteiger partial charge is 0.508 e. The minimum absolute atomic E-state index is 0.234. The van der Waals surface area contributed by atoms with E-state index in [2.05, 4.69) is 15.6 Å². The summed E-state index contributed by atoms with van der Waals surface area (Å²) in [6.07, 6.45) is 2.05. The molecule has 3 rings (SSSR count). The zero-order valence-corrected chi connectivity index (χ0v) is 8.72. The monoisotopic (exact) mass is 216 g/mol. The van der Waals surface area contributed by atoms with Crippen molar-refractivity contribution in [1.29, 1.82) is 0 Å². The molecule has 0 unspecified atom stereocenters. The van der Waals surface area contributed by atoms with Gasteiger partial charge in [0.15, 0.2) is 5.82 Å². The number of hydrogen-bond acceptors (Lipinski definition) is 4. The lowest BCUT2D eigenvalue weighted by Crippen LogP contribution is -2.14. The second kappa shape index (κ2) is 3.52. The Morgan fingerprint density at radius 3 is 3.19 bits per heavy atom. The normalized spacial score (nSPS) is 14.2. The van der Waals surface area contributed by atoms with Crippen LogP contribution in [-0.2, 0) is 6.42 Å². The third-order valence-electron chi connectivity index (χ3n) is 2.70. The van der Waals surface area contributed by atoms with Crippen LogP contribution in [0.15, 0.2) is 24.3 Å². The average molecular weight is 216 g/mol. The molecule has 82 valence electrons. The highest BCUT2D eigenvalue weighted by atomic mass is 16.3. The van der Waals surface area contributed by atoms with Crippen molar-refractivity contribution in [2.75, 3.05) is 11.9 Å². The Balaban J connectivity index is 2.09. The first-order valence-electron chi connectivity index (χ1n) is 5.32. The van der Waals surface area contributed by atoms with Crippen molar-refractivity contribution >= 4 is 5.82 Å². The van der Waals surface area contributed by atoms with Crippen LogP contribution in [0, 0.1) is 0 Å². The fourth-order valence-electron chi connectivity index (χ4n) is 1.93. The minimum atomic E-state index is 0.234. The van der Waals surface area contributed by atoms with Crippen molar-refractivity contribution in [2.24, 2.45) is 0 Å². The third kappa shape index (κ3) is 1.41. The van der Waals surface area contributed by atoms with Gasteiger partial charge >= 0.3 is 0 Å². The van der Waals surface area contributed by atoms with E-state index in [1.807, 2.05) is 6.07 Å². The number of benzene rings is 1. The molecule has 16 heavy (non-hydrogen) atoms. The molecule has 2 aromatic rings. The van der Waals surface area contributed by atoms with Crippen molar-refractivity contribution in [2.45, 2.75) is 12.8 Å². The number of phenols is 1. The van der Waals surface area contributed by atoms with E-state index in [0.29, 0.717) is 0 Å². The number of fused-ring (bicyclic) bond motifs is 1. The van der Waals surface area contributed by atoms with E-state index < -0.39 is 0 Å². The predicted molar refractivity (Wildman–Crippen MR) is 59.8 cm³/mol. The first kappa shape index (κ1) is 9.21. The summed E-state index contributed by atoms with van der Waals surface area (Å²) in [6.45, 7) is 0.944. The molecular formula is C11H12N4O. The maximum Gasteiger partial charge on any atom is 0.153 e. The van der Waals surface area contributed by atoms with Gasteiger partial charge in [-0.05, 0) is 25.0 Å². The van der Waals surface area contributed by atoms with Gasteiger partial charge < -0.3 is 10.4 Å². The highest BCUT2D eigenvalue weighted by Gasteiger charge is 2.17. The van der Waals surface area contributed by atoms with Crippen molar-refractivity contribution < 1.29 is 5.11 Å². The van der Waals surface area contributed by atoms with Crippen LogP contribution < -0.4 is 5.32 Å². The number of aryl methyl sites for hydroxylation is 1. The van der Waals surface area contributed by atoms with Gasteiger partial charge in [-0.2, -0.15) is 4.68 Å². The Hall–Kier alpha value is -2.04. The molecule has 1 aromatic carbocycles. The van der Waals surface area contributed by atoms with Crippen LogP contribution in [0.3, 0.4) is 0 Å². The van der Waals surface area contributed by atoms with Crippen molar-refractivity contribution in [3.05, 3.63) is 30.0 Å². The molecule has 5 heteroatoms. The molecule has 0 saturated carbocycles. The number of nitrogens with zero attached hydrogens (tertiary/aromatic N) is 3. The molecule has 0 radical (unpaired) electrons. The second-order valence-electron chi connectivity index (χ2n) is 3.85. The molecule has 0 aliphatic carbocycles. The van der Waals surface area contributed by atoms with Crippen molar-refractivity contribution in [1.82, 2.24) is 15.0 Å². The molecular weight excluding hydrogens is 204 g/mol. The molecule has 0 amide bonds. The number of rotatable bonds is 1. The summed E-state index contributed by atoms with van der Waals surface area (Å²) < 4.78 is 1.73. The summed E-state index contributed by atoms with van der Waals surface area (Å²) in [5.74, 6) is 1.18. The van der Waals surface area contributed by atoms with Crippen LogP contribution in [0.5, 0.6) is 5.75 Å². The van der Waals surface area contributed by atoms with Gasteiger partial charge in [0.2, 0.25) is 0 Å². The molecule has 1 aromatic heterocycles. The van der Waals surface area contributed by atoms with Crippen molar-refractivity contribution in [3.8, 4) is 11.4 Å². The van der Waals surface area contributed by atoms with Crippen LogP contribution in [0.1, 0.15) is 12.1 Å². The van der Waals surface area contributed by atoms with E-state index in [0.717, 1.165) is 36.6 Å². The van der Waals surface area contributed by atoms with Gasteiger partial charge in [0, 0.05) is 12.6 Å². The Labute approximate surface area is 92.7 Å². The standard InChI is InChI=1S/C11H12N4O/c16-9-4-1-3-8(7-9)15-11-10(13-14-15)5-2-6-12-11/h1,3-4,7,12,16H,2,5-6H2. The van der Waals surface area contributed by atoms with Gasteiger partial charge in [-0.3, -0.25) is 0 Å². The summed E-state index contributed by atoms with van der Waals surface area (Å²) >= 11 is 0. The molecule has 0 spiro atoms. The zero-order chi connectivity index (χ0) is 11.0. The summed E-state index contributed by atoms with van der Waals surface area (Å²) in [5, 5.41) is 21.0. The number of anilines is 1. The maximum absolute atomic E-state index is 9.43. The number of aromatic hydroxyl groups is 1. The van der Waals surface area contributed by atoms with E-state index in [9.17, 15) is 5.11 Å². The summed E-state index contributed by atoms with van der Waals surface area (Å²) in [6, 6.07) is 7.00. The SMILES string of the molecule is Oc1cccc(-n2nnc3c2NCCC3)c1. The zero-order valence-electron chi connectivity index (χ0n) is 8.72. The van der Waals surface area contributed by atoms with Gasteiger partial charge in [0.05, 0.1) is 5.69 Å². The third-order valence-corrected chi connectivity index (χ3v) is 2.70. The highest BCUT2D eigenvalue weighted by Crippen LogP contribution is 2.24. The van der Waals surface area contributed by atoms with Crippen LogP contribution in [0.25, 0.3) is 5.69 Å². The first-order chi connectivity index (χ1) is 7.84. The minimum Gasteiger partial charge on any atom is -0.508 e. The number of aromatic nitrogens is 3. The van der Waals surface area contributed by atoms with Gasteiger partial charge in [-0.15, -0.1) is 5.10 Å². The van der Waals surface area contributed by atoms with Crippen LogP contribution in [-0.4, -0.2) is 26.6 Å². The number of nitrogens with one attached hydrogen (secondary N) is 1. The van der Waals surface area contributed by atoms with E-state index >= 15 is 0 Å². The average Bonchev–Trinajstić information content (AvgIpc) is 2.72. The molecule has 0 saturated heterocycles. The lowest BCUT2D eigenvalue weighted by atomic mass is 10.2. The molecule has 0 fully saturated rings. The van der Waals surface area contributed by atoms with Crippen molar-refractivity contribution in [3.63, 3.8) is 0 Å². The maximum atomic E-state index is 9.43. The Morgan fingerprint density at radius 1 is 1.38 bits per heavy atom. The topological polar surface area (TPSA) is 63.0 Å². The Kier molecular flexibility index (Phi) is 2.02. The quantitative estimate of drug-likeness (QED) is 0.755. The lowest BCUT2D eigenvalue weighted by Gasteiger charge is -2.14. The van der Waals surface area contributed by atoms with E-state index in [-0.39, 0.29) is 5.75 Å². The van der Waals surface area contributed by atoms with E-state index in [4.69, 9.17) is 0 Å². The summed E-state index contributed by atoms with van der Waals surface area (Å²) in [7, 11) is 0. The molecule has 5 nitrogen and oxygen atoms in total. The smallest absolute Gasteiger partial charge is 0.153 e. The van der Waals surface area contributed by atoms with Gasteiger partial charge in [-0.1, -0.05) is 11.3 Å². The van der Waals surface area contributed by atoms with Gasteiger partial charge in [0.25, 0.3) is 0 Å². The predicted octanol–water partition coefficient (Wildman–Crippen LogP) is 1.33. The van der Waals surface area contributed by atoms with Crippen LogP contribution >= 0.6 is 0 Å². The molecule has 1 aliphatic rings. The van der Waals surface area contributed by atoms with E-state index in [1.54, 1.807) is 22.9 Å². The number of hydrogen-bond donors (Lipinski definition) is 2. The first-order valence-corrected chi connectivity index (χ1v) is 5.32. The van der Waals surface area contributed by atoms with Crippen LogP contribution in [0.2, 0.25) is 0 Å². The molecule has 0 atom stereocenters. The van der Waals surface area contributed by atoms with Gasteiger partial charge in [0.1, 0.15) is 11.4 Å².